The monoisotopic (exact) mass is 304 g/mol. The first kappa shape index (κ1) is 13.9. The maximum Gasteiger partial charge on any atom is 0.265 e. The van der Waals surface area contributed by atoms with Gasteiger partial charge in [0.1, 0.15) is 4.88 Å². The predicted molar refractivity (Wildman–Crippen MR) is 80.1 cm³/mol. The highest BCUT2D eigenvalue weighted by Crippen LogP contribution is 2.33. The van der Waals surface area contributed by atoms with E-state index in [-0.39, 0.29) is 5.91 Å². The van der Waals surface area contributed by atoms with Crippen molar-refractivity contribution in [2.75, 3.05) is 20.8 Å². The van der Waals surface area contributed by atoms with Gasteiger partial charge in [-0.1, -0.05) is 0 Å². The van der Waals surface area contributed by atoms with Crippen LogP contribution in [0.5, 0.6) is 11.5 Å². The quantitative estimate of drug-likeness (QED) is 0.873. The predicted octanol–water partition coefficient (Wildman–Crippen LogP) is 2.36. The average Bonchev–Trinajstić information content (AvgIpc) is 3.06. The van der Waals surface area contributed by atoms with Crippen molar-refractivity contribution in [2.24, 2.45) is 0 Å². The van der Waals surface area contributed by atoms with Crippen LogP contribution < -0.4 is 9.47 Å². The van der Waals surface area contributed by atoms with Gasteiger partial charge in [-0.25, -0.2) is 0 Å². The number of hydrogen-bond acceptors (Lipinski definition) is 5. The number of benzene rings is 1. The van der Waals surface area contributed by atoms with Crippen LogP contribution in [0.25, 0.3) is 0 Å². The number of nitrogens with zero attached hydrogens (tertiary/aromatic N) is 2. The molecule has 2 aromatic rings. The number of thiazole rings is 1. The summed E-state index contributed by atoms with van der Waals surface area (Å²) in [4.78, 5) is 18.9. The van der Waals surface area contributed by atoms with Crippen molar-refractivity contribution < 1.29 is 14.3 Å². The van der Waals surface area contributed by atoms with E-state index < -0.39 is 0 Å². The van der Waals surface area contributed by atoms with Crippen molar-refractivity contribution in [3.63, 3.8) is 0 Å². The zero-order valence-electron chi connectivity index (χ0n) is 12.0. The molecule has 0 unspecified atom stereocenters. The van der Waals surface area contributed by atoms with Crippen molar-refractivity contribution in [2.45, 2.75) is 13.0 Å². The van der Waals surface area contributed by atoms with Gasteiger partial charge in [0.2, 0.25) is 0 Å². The fraction of sp³-hybridized carbons (Fsp3) is 0.333. The Kier molecular flexibility index (Phi) is 3.79. The molecule has 1 aromatic heterocycles. The largest absolute Gasteiger partial charge is 0.493 e. The third kappa shape index (κ3) is 2.58. The van der Waals surface area contributed by atoms with Crippen LogP contribution in [0.15, 0.2) is 23.8 Å². The Labute approximate surface area is 127 Å². The minimum Gasteiger partial charge on any atom is -0.493 e. The Balaban J connectivity index is 1.86. The summed E-state index contributed by atoms with van der Waals surface area (Å²) < 4.78 is 10.7. The number of fused-ring (bicyclic) bond motifs is 1. The summed E-state index contributed by atoms with van der Waals surface area (Å²) in [7, 11) is 3.25. The van der Waals surface area contributed by atoms with Gasteiger partial charge in [0, 0.05) is 13.1 Å². The molecule has 0 atom stereocenters. The Morgan fingerprint density at radius 1 is 1.24 bits per heavy atom. The summed E-state index contributed by atoms with van der Waals surface area (Å²) in [5.74, 6) is 1.47. The molecule has 0 saturated heterocycles. The third-order valence-corrected chi connectivity index (χ3v) is 4.41. The van der Waals surface area contributed by atoms with Crippen LogP contribution in [0.4, 0.5) is 0 Å². The lowest BCUT2D eigenvalue weighted by molar-refractivity contribution is 0.0739. The van der Waals surface area contributed by atoms with Crippen molar-refractivity contribution in [1.82, 2.24) is 9.88 Å². The van der Waals surface area contributed by atoms with Crippen LogP contribution in [-0.4, -0.2) is 36.6 Å². The highest BCUT2D eigenvalue weighted by atomic mass is 32.1. The van der Waals surface area contributed by atoms with Gasteiger partial charge >= 0.3 is 0 Å². The molecular formula is C15H16N2O3S. The van der Waals surface area contributed by atoms with Crippen LogP contribution in [0.3, 0.4) is 0 Å². The molecule has 3 rings (SSSR count). The average molecular weight is 304 g/mol. The van der Waals surface area contributed by atoms with Gasteiger partial charge in [-0.2, -0.15) is 0 Å². The number of methoxy groups -OCH3 is 2. The summed E-state index contributed by atoms with van der Waals surface area (Å²) in [5, 5.41) is 0. The molecule has 0 N–H and O–H groups in total. The second-order valence-corrected chi connectivity index (χ2v) is 5.70. The van der Waals surface area contributed by atoms with Crippen LogP contribution in [-0.2, 0) is 13.0 Å². The maximum absolute atomic E-state index is 12.4. The molecule has 0 bridgehead atoms. The zero-order chi connectivity index (χ0) is 14.8. The van der Waals surface area contributed by atoms with Crippen molar-refractivity contribution in [3.05, 3.63) is 39.8 Å². The van der Waals surface area contributed by atoms with Crippen LogP contribution in [0.2, 0.25) is 0 Å². The van der Waals surface area contributed by atoms with Crippen molar-refractivity contribution in [3.8, 4) is 11.5 Å². The van der Waals surface area contributed by atoms with E-state index in [1.807, 2.05) is 17.0 Å². The molecule has 2 heterocycles. The molecule has 1 aliphatic heterocycles. The van der Waals surface area contributed by atoms with Crippen LogP contribution in [0.1, 0.15) is 20.8 Å². The van der Waals surface area contributed by atoms with E-state index >= 15 is 0 Å². The van der Waals surface area contributed by atoms with Gasteiger partial charge in [0.15, 0.2) is 11.5 Å². The second-order valence-electron chi connectivity index (χ2n) is 4.82. The lowest BCUT2D eigenvalue weighted by Gasteiger charge is -2.29. The van der Waals surface area contributed by atoms with Crippen LogP contribution >= 0.6 is 11.3 Å². The number of aromatic nitrogens is 1. The number of amides is 1. The van der Waals surface area contributed by atoms with E-state index in [0.29, 0.717) is 23.7 Å². The summed E-state index contributed by atoms with van der Waals surface area (Å²) >= 11 is 1.37. The van der Waals surface area contributed by atoms with E-state index in [9.17, 15) is 4.79 Å². The Morgan fingerprint density at radius 3 is 2.57 bits per heavy atom. The first-order valence-electron chi connectivity index (χ1n) is 6.64. The topological polar surface area (TPSA) is 51.7 Å². The zero-order valence-corrected chi connectivity index (χ0v) is 12.8. The molecule has 1 aromatic carbocycles. The maximum atomic E-state index is 12.4. The summed E-state index contributed by atoms with van der Waals surface area (Å²) in [6.07, 6.45) is 2.44. The number of rotatable bonds is 3. The number of carbonyl (C=O) groups excluding carboxylic acids is 1. The first-order valence-corrected chi connectivity index (χ1v) is 7.52. The summed E-state index contributed by atoms with van der Waals surface area (Å²) in [5.41, 5.74) is 4.00. The molecule has 1 aliphatic rings. The van der Waals surface area contributed by atoms with Gasteiger partial charge < -0.3 is 14.4 Å². The normalized spacial score (nSPS) is 13.7. The van der Waals surface area contributed by atoms with Crippen molar-refractivity contribution in [1.29, 1.82) is 0 Å². The highest BCUT2D eigenvalue weighted by Gasteiger charge is 2.24. The fourth-order valence-electron chi connectivity index (χ4n) is 2.53. The molecule has 6 heteroatoms. The number of carbonyl (C=O) groups is 1. The van der Waals surface area contributed by atoms with Gasteiger partial charge in [-0.05, 0) is 29.7 Å². The third-order valence-electron chi connectivity index (χ3n) is 3.65. The molecule has 1 amide bonds. The number of hydrogen-bond donors (Lipinski definition) is 0. The van der Waals surface area contributed by atoms with E-state index in [1.165, 1.54) is 16.9 Å². The SMILES string of the molecule is COc1cc2c(cc1OC)CN(C(=O)c1cncs1)CC2. The minimum absolute atomic E-state index is 0.0398. The van der Waals surface area contributed by atoms with E-state index in [0.717, 1.165) is 17.7 Å². The minimum atomic E-state index is 0.0398. The lowest BCUT2D eigenvalue weighted by Crippen LogP contribution is -2.35. The molecule has 0 aliphatic carbocycles. The Hall–Kier alpha value is -2.08. The summed E-state index contributed by atoms with van der Waals surface area (Å²) in [6.45, 7) is 1.30. The van der Waals surface area contributed by atoms with Gasteiger partial charge in [0.05, 0.1) is 25.9 Å². The smallest absolute Gasteiger partial charge is 0.265 e. The fourth-order valence-corrected chi connectivity index (χ4v) is 3.12. The lowest BCUT2D eigenvalue weighted by atomic mass is 9.98. The van der Waals surface area contributed by atoms with Gasteiger partial charge in [-0.15, -0.1) is 11.3 Å². The van der Waals surface area contributed by atoms with Crippen LogP contribution in [0, 0.1) is 0 Å². The molecule has 110 valence electrons. The molecule has 21 heavy (non-hydrogen) atoms. The molecule has 0 spiro atoms. The molecule has 0 saturated carbocycles. The number of ether oxygens (including phenoxy) is 2. The van der Waals surface area contributed by atoms with E-state index in [4.69, 9.17) is 9.47 Å². The highest BCUT2D eigenvalue weighted by molar-refractivity contribution is 7.11. The Bertz CT molecular complexity index is 655. The molecule has 0 radical (unpaired) electrons. The van der Waals surface area contributed by atoms with Gasteiger partial charge in [-0.3, -0.25) is 9.78 Å². The van der Waals surface area contributed by atoms with Crippen molar-refractivity contribution >= 4 is 17.2 Å². The van der Waals surface area contributed by atoms with E-state index in [1.54, 1.807) is 25.9 Å². The molecular weight excluding hydrogens is 288 g/mol. The molecule has 0 fully saturated rings. The molecule has 5 nitrogen and oxygen atoms in total. The second kappa shape index (κ2) is 5.73. The first-order chi connectivity index (χ1) is 10.2. The summed E-state index contributed by atoms with van der Waals surface area (Å²) in [6, 6.07) is 3.96. The standard InChI is InChI=1S/C15H16N2O3S/c1-19-12-5-10-3-4-17(8-11(10)6-13(12)20-2)15(18)14-7-16-9-21-14/h5-7,9H,3-4,8H2,1-2H3. The van der Waals surface area contributed by atoms with E-state index in [2.05, 4.69) is 4.98 Å². The van der Waals surface area contributed by atoms with Gasteiger partial charge in [0.25, 0.3) is 5.91 Å². The Morgan fingerprint density at radius 2 is 1.95 bits per heavy atom.